The molecule has 0 saturated carbocycles. The minimum absolute atomic E-state index is 0. The van der Waals surface area contributed by atoms with Gasteiger partial charge in [-0.2, -0.15) is 0 Å². The van der Waals surface area contributed by atoms with Gasteiger partial charge in [-0.25, -0.2) is 0 Å². The lowest BCUT2D eigenvalue weighted by molar-refractivity contribution is 0.663. The zero-order chi connectivity index (χ0) is 15.9. The van der Waals surface area contributed by atoms with Crippen LogP contribution >= 0.6 is 24.0 Å². The van der Waals surface area contributed by atoms with Crippen LogP contribution in [0.5, 0.6) is 0 Å². The fraction of sp³-hybridized carbons (Fsp3) is 0.312. The van der Waals surface area contributed by atoms with Gasteiger partial charge >= 0.3 is 0 Å². The van der Waals surface area contributed by atoms with Crippen LogP contribution in [0.2, 0.25) is 0 Å². The van der Waals surface area contributed by atoms with E-state index >= 15 is 0 Å². The van der Waals surface area contributed by atoms with Crippen molar-refractivity contribution in [2.45, 2.75) is 13.0 Å². The van der Waals surface area contributed by atoms with Crippen LogP contribution < -0.4 is 10.6 Å². The Morgan fingerprint density at radius 1 is 1.04 bits per heavy atom. The molecule has 0 radical (unpaired) electrons. The number of hydrogen-bond donors (Lipinski definition) is 2. The largest absolute Gasteiger partial charge is 0.356 e. The van der Waals surface area contributed by atoms with Crippen LogP contribution in [0.1, 0.15) is 5.82 Å². The lowest BCUT2D eigenvalue weighted by Gasteiger charge is -2.11. The van der Waals surface area contributed by atoms with Gasteiger partial charge in [-0.05, 0) is 24.3 Å². The summed E-state index contributed by atoms with van der Waals surface area (Å²) in [6.07, 6.45) is 6.86. The van der Waals surface area contributed by atoms with Gasteiger partial charge < -0.3 is 15.2 Å². The Balaban J connectivity index is 0.00000208. The summed E-state index contributed by atoms with van der Waals surface area (Å²) in [4.78, 5) is 4.23. The quantitative estimate of drug-likeness (QED) is 0.348. The summed E-state index contributed by atoms with van der Waals surface area (Å²) < 4.78 is 4.13. The highest BCUT2D eigenvalue weighted by molar-refractivity contribution is 14.0. The molecule has 0 spiro atoms. The van der Waals surface area contributed by atoms with Crippen molar-refractivity contribution in [2.24, 2.45) is 4.99 Å². The smallest absolute Gasteiger partial charge is 0.191 e. The molecule has 3 aromatic heterocycles. The molecule has 0 fully saturated rings. The molecule has 0 aliphatic carbocycles. The Hall–Kier alpha value is -2.10. The summed E-state index contributed by atoms with van der Waals surface area (Å²) in [5, 5.41) is 15.0. The number of fused-ring (bicyclic) bond motifs is 1. The molecule has 0 amide bonds. The first kappa shape index (κ1) is 18.2. The third-order valence-electron chi connectivity index (χ3n) is 3.58. The molecule has 0 atom stereocenters. The highest BCUT2D eigenvalue weighted by Gasteiger charge is 2.04. The molecule has 128 valence electrons. The predicted molar refractivity (Wildman–Crippen MR) is 106 cm³/mol. The first-order valence-electron chi connectivity index (χ1n) is 7.71. The van der Waals surface area contributed by atoms with Crippen LogP contribution in [-0.2, 0) is 13.0 Å². The highest BCUT2D eigenvalue weighted by atomic mass is 127. The van der Waals surface area contributed by atoms with E-state index in [0.717, 1.165) is 43.5 Å². The number of aromatic nitrogens is 4. The molecule has 3 aromatic rings. The van der Waals surface area contributed by atoms with Gasteiger partial charge in [0.05, 0.1) is 0 Å². The first-order valence-corrected chi connectivity index (χ1v) is 7.71. The highest BCUT2D eigenvalue weighted by Crippen LogP contribution is 2.02. The lowest BCUT2D eigenvalue weighted by Crippen LogP contribution is -2.39. The summed E-state index contributed by atoms with van der Waals surface area (Å²) in [6.45, 7) is 2.48. The number of aliphatic imine (C=N–C) groups is 1. The van der Waals surface area contributed by atoms with Gasteiger partial charge in [-0.1, -0.05) is 6.07 Å². The average Bonchev–Trinajstić information content (AvgIpc) is 3.23. The van der Waals surface area contributed by atoms with Gasteiger partial charge in [-0.15, -0.1) is 34.2 Å². The molecular weight excluding hydrogens is 417 g/mol. The Labute approximate surface area is 158 Å². The third-order valence-corrected chi connectivity index (χ3v) is 3.58. The van der Waals surface area contributed by atoms with E-state index < -0.39 is 0 Å². The van der Waals surface area contributed by atoms with Crippen LogP contribution in [0.4, 0.5) is 0 Å². The molecule has 0 aliphatic rings. The number of hydrogen-bond acceptors (Lipinski definition) is 3. The molecule has 0 bridgehead atoms. The number of pyridine rings is 1. The molecule has 2 N–H and O–H groups in total. The molecule has 3 rings (SSSR count). The van der Waals surface area contributed by atoms with Crippen molar-refractivity contribution < 1.29 is 0 Å². The predicted octanol–water partition coefficient (Wildman–Crippen LogP) is 1.56. The Kier molecular flexibility index (Phi) is 7.04. The van der Waals surface area contributed by atoms with Crippen LogP contribution in [0, 0.1) is 0 Å². The first-order chi connectivity index (χ1) is 11.4. The van der Waals surface area contributed by atoms with Crippen molar-refractivity contribution in [3.63, 3.8) is 0 Å². The number of rotatable bonds is 6. The van der Waals surface area contributed by atoms with Crippen molar-refractivity contribution in [1.29, 1.82) is 0 Å². The molecule has 0 aromatic carbocycles. The van der Waals surface area contributed by atoms with Crippen LogP contribution in [0.15, 0.2) is 53.9 Å². The van der Waals surface area contributed by atoms with E-state index in [4.69, 9.17) is 0 Å². The van der Waals surface area contributed by atoms with E-state index in [2.05, 4.69) is 30.4 Å². The molecule has 3 heterocycles. The van der Waals surface area contributed by atoms with E-state index in [1.165, 1.54) is 0 Å². The summed E-state index contributed by atoms with van der Waals surface area (Å²) in [6, 6.07) is 9.94. The SMILES string of the molecule is CN=C(NCCc1nnc2ccccn12)NCCn1cccc1.I. The lowest BCUT2D eigenvalue weighted by atomic mass is 10.4. The standard InChI is InChI=1S/C16H21N7.HI/c1-17-16(19-9-13-22-10-4-5-11-22)18-8-7-15-21-20-14-6-2-3-12-23(14)15;/h2-6,10-12H,7-9,13H2,1H3,(H2,17,18,19);1H. The van der Waals surface area contributed by atoms with Gasteiger partial charge in [0.1, 0.15) is 5.82 Å². The maximum atomic E-state index is 4.23. The number of halogens is 1. The molecule has 7 nitrogen and oxygen atoms in total. The van der Waals surface area contributed by atoms with Crippen LogP contribution in [0.25, 0.3) is 5.65 Å². The average molecular weight is 439 g/mol. The van der Waals surface area contributed by atoms with Crippen molar-refractivity contribution in [2.75, 3.05) is 20.1 Å². The van der Waals surface area contributed by atoms with Gasteiger partial charge in [0.2, 0.25) is 0 Å². The van der Waals surface area contributed by atoms with E-state index in [1.54, 1.807) is 7.05 Å². The van der Waals surface area contributed by atoms with E-state index in [-0.39, 0.29) is 24.0 Å². The maximum absolute atomic E-state index is 4.23. The Morgan fingerprint density at radius 2 is 1.79 bits per heavy atom. The third kappa shape index (κ3) is 4.70. The number of nitrogens with zero attached hydrogens (tertiary/aromatic N) is 5. The van der Waals surface area contributed by atoms with E-state index in [0.29, 0.717) is 0 Å². The topological polar surface area (TPSA) is 71.5 Å². The minimum Gasteiger partial charge on any atom is -0.356 e. The van der Waals surface area contributed by atoms with Gasteiger partial charge in [0.25, 0.3) is 0 Å². The van der Waals surface area contributed by atoms with Gasteiger partial charge in [0.15, 0.2) is 11.6 Å². The summed E-state index contributed by atoms with van der Waals surface area (Å²) in [5.74, 6) is 1.74. The van der Waals surface area contributed by atoms with Crippen molar-refractivity contribution in [3.8, 4) is 0 Å². The molecule has 24 heavy (non-hydrogen) atoms. The molecule has 0 unspecified atom stereocenters. The van der Waals surface area contributed by atoms with Crippen molar-refractivity contribution in [3.05, 3.63) is 54.7 Å². The Bertz CT molecular complexity index is 764. The summed E-state index contributed by atoms with van der Waals surface area (Å²) in [7, 11) is 1.78. The summed E-state index contributed by atoms with van der Waals surface area (Å²) in [5.41, 5.74) is 0.872. The molecule has 0 saturated heterocycles. The monoisotopic (exact) mass is 439 g/mol. The second-order valence-electron chi connectivity index (χ2n) is 5.14. The van der Waals surface area contributed by atoms with Crippen LogP contribution in [-0.4, -0.2) is 45.3 Å². The fourth-order valence-corrected chi connectivity index (χ4v) is 2.40. The van der Waals surface area contributed by atoms with Gasteiger partial charge in [-0.3, -0.25) is 9.39 Å². The minimum atomic E-state index is 0. The zero-order valence-corrected chi connectivity index (χ0v) is 15.9. The number of nitrogens with one attached hydrogen (secondary N) is 2. The second-order valence-corrected chi connectivity index (χ2v) is 5.14. The second kappa shape index (κ2) is 9.26. The molecule has 0 aliphatic heterocycles. The molecular formula is C16H22IN7. The fourth-order valence-electron chi connectivity index (χ4n) is 2.40. The maximum Gasteiger partial charge on any atom is 0.191 e. The van der Waals surface area contributed by atoms with E-state index in [9.17, 15) is 0 Å². The van der Waals surface area contributed by atoms with E-state index in [1.807, 2.05) is 53.3 Å². The molecule has 8 heteroatoms. The van der Waals surface area contributed by atoms with Crippen molar-refractivity contribution >= 4 is 35.6 Å². The van der Waals surface area contributed by atoms with Crippen molar-refractivity contribution in [1.82, 2.24) is 29.8 Å². The normalized spacial score (nSPS) is 11.3. The summed E-state index contributed by atoms with van der Waals surface area (Å²) >= 11 is 0. The van der Waals surface area contributed by atoms with Gasteiger partial charge in [0, 0.05) is 51.7 Å². The Morgan fingerprint density at radius 3 is 2.58 bits per heavy atom. The van der Waals surface area contributed by atoms with Crippen LogP contribution in [0.3, 0.4) is 0 Å². The zero-order valence-electron chi connectivity index (χ0n) is 13.6. The number of guanidine groups is 1.